The fraction of sp³-hybridized carbons (Fsp3) is 0.227. The Labute approximate surface area is 195 Å². The summed E-state index contributed by atoms with van der Waals surface area (Å²) in [4.78, 5) is 13.5. The van der Waals surface area contributed by atoms with Gasteiger partial charge in [-0.3, -0.25) is 9.36 Å². The second-order valence-electron chi connectivity index (χ2n) is 6.47. The molecule has 2 aromatic carbocycles. The minimum absolute atomic E-state index is 0.110. The van der Waals surface area contributed by atoms with E-state index in [-0.39, 0.29) is 17.8 Å². The highest BCUT2D eigenvalue weighted by Crippen LogP contribution is 2.30. The van der Waals surface area contributed by atoms with Gasteiger partial charge in [0, 0.05) is 11.4 Å². The molecule has 0 saturated heterocycles. The second-order valence-corrected chi connectivity index (χ2v) is 8.67. The van der Waals surface area contributed by atoms with Crippen molar-refractivity contribution in [1.29, 1.82) is 0 Å². The van der Waals surface area contributed by atoms with Crippen molar-refractivity contribution in [3.63, 3.8) is 0 Å². The largest absolute Gasteiger partial charge is 0.481 e. The molecule has 1 amide bonds. The maximum atomic E-state index is 12.5. The molecule has 31 heavy (non-hydrogen) atoms. The Balaban J connectivity index is 1.69. The number of amides is 1. The average molecular weight is 475 g/mol. The van der Waals surface area contributed by atoms with Gasteiger partial charge >= 0.3 is 0 Å². The summed E-state index contributed by atoms with van der Waals surface area (Å²) in [5.74, 6) is 1.31. The Morgan fingerprint density at radius 3 is 2.74 bits per heavy atom. The molecule has 1 atom stereocenters. The summed E-state index contributed by atoms with van der Waals surface area (Å²) in [6.07, 6.45) is 3.35. The van der Waals surface area contributed by atoms with Crippen LogP contribution in [-0.4, -0.2) is 32.7 Å². The smallest absolute Gasteiger partial charge is 0.234 e. The van der Waals surface area contributed by atoms with Gasteiger partial charge < -0.3 is 10.1 Å². The van der Waals surface area contributed by atoms with E-state index in [4.69, 9.17) is 16.3 Å². The first kappa shape index (κ1) is 23.2. The standard InChI is InChI=1S/C22H23ClN4O2S2/c1-4-13-27-21(15(2)29-18-11-7-5-9-16(18)23)25-26-22(27)31-14-20(28)24-17-10-6-8-12-19(17)30-3/h4-12,15H,1,13-14H2,2-3H3,(H,24,28). The highest BCUT2D eigenvalue weighted by molar-refractivity contribution is 7.99. The van der Waals surface area contributed by atoms with Crippen molar-refractivity contribution in [2.24, 2.45) is 0 Å². The third-order valence-corrected chi connectivity index (χ3v) is 6.35. The summed E-state index contributed by atoms with van der Waals surface area (Å²) in [6.45, 7) is 6.20. The van der Waals surface area contributed by atoms with E-state index in [1.54, 1.807) is 30.0 Å². The maximum absolute atomic E-state index is 12.5. The Hall–Kier alpha value is -2.42. The highest BCUT2D eigenvalue weighted by atomic mass is 35.5. The second kappa shape index (κ2) is 11.3. The van der Waals surface area contributed by atoms with Gasteiger partial charge in [0.15, 0.2) is 17.1 Å². The predicted octanol–water partition coefficient (Wildman–Crippen LogP) is 5.71. The molecule has 3 aromatic rings. The van der Waals surface area contributed by atoms with Crippen molar-refractivity contribution in [3.8, 4) is 5.75 Å². The average Bonchev–Trinajstić information content (AvgIpc) is 3.17. The highest BCUT2D eigenvalue weighted by Gasteiger charge is 2.20. The van der Waals surface area contributed by atoms with Crippen LogP contribution in [0.1, 0.15) is 18.9 Å². The van der Waals surface area contributed by atoms with Gasteiger partial charge in [-0.25, -0.2) is 0 Å². The van der Waals surface area contributed by atoms with Crippen LogP contribution >= 0.6 is 35.1 Å². The number of carbonyl (C=O) groups is 1. The molecule has 3 rings (SSSR count). The van der Waals surface area contributed by atoms with Crippen molar-refractivity contribution in [1.82, 2.24) is 14.8 Å². The van der Waals surface area contributed by atoms with Crippen LogP contribution in [0.3, 0.4) is 0 Å². The maximum Gasteiger partial charge on any atom is 0.234 e. The van der Waals surface area contributed by atoms with Gasteiger partial charge in [-0.15, -0.1) is 28.5 Å². The molecular weight excluding hydrogens is 452 g/mol. The van der Waals surface area contributed by atoms with Crippen LogP contribution in [0.4, 0.5) is 5.69 Å². The van der Waals surface area contributed by atoms with Gasteiger partial charge in [0.2, 0.25) is 5.91 Å². The molecule has 162 valence electrons. The van der Waals surface area contributed by atoms with E-state index in [0.29, 0.717) is 28.3 Å². The lowest BCUT2D eigenvalue weighted by Crippen LogP contribution is -2.16. The summed E-state index contributed by atoms with van der Waals surface area (Å²) in [5.41, 5.74) is 0.801. The van der Waals surface area contributed by atoms with Crippen molar-refractivity contribution in [3.05, 3.63) is 72.0 Å². The molecule has 1 heterocycles. The summed E-state index contributed by atoms with van der Waals surface area (Å²) in [5, 5.41) is 12.7. The molecule has 9 heteroatoms. The Bertz CT molecular complexity index is 1060. The fourth-order valence-electron chi connectivity index (χ4n) is 2.86. The normalized spacial score (nSPS) is 11.7. The van der Waals surface area contributed by atoms with Crippen molar-refractivity contribution >= 4 is 46.7 Å². The van der Waals surface area contributed by atoms with Crippen molar-refractivity contribution in [2.75, 3.05) is 17.3 Å². The zero-order valence-electron chi connectivity index (χ0n) is 17.2. The van der Waals surface area contributed by atoms with Crippen molar-refractivity contribution < 1.29 is 9.53 Å². The van der Waals surface area contributed by atoms with Gasteiger partial charge in [0.05, 0.1) is 16.5 Å². The molecule has 6 nitrogen and oxygen atoms in total. The van der Waals surface area contributed by atoms with E-state index in [2.05, 4.69) is 22.1 Å². The quantitative estimate of drug-likeness (QED) is 0.300. The summed E-state index contributed by atoms with van der Waals surface area (Å²) >= 11 is 9.10. The number of allylic oxidation sites excluding steroid dienone is 1. The summed E-state index contributed by atoms with van der Waals surface area (Å²) in [6, 6.07) is 15.0. The van der Waals surface area contributed by atoms with E-state index < -0.39 is 0 Å². The topological polar surface area (TPSA) is 69.0 Å². The zero-order valence-corrected chi connectivity index (χ0v) is 19.6. The Morgan fingerprint density at radius 2 is 2.00 bits per heavy atom. The molecule has 0 spiro atoms. The van der Waals surface area contributed by atoms with E-state index in [9.17, 15) is 4.79 Å². The molecule has 0 fully saturated rings. The van der Waals surface area contributed by atoms with Crippen LogP contribution in [0.15, 0.2) is 71.2 Å². The number of hydrogen-bond donors (Lipinski definition) is 1. The number of aromatic nitrogens is 3. The van der Waals surface area contributed by atoms with Crippen LogP contribution in [-0.2, 0) is 11.3 Å². The number of nitrogens with one attached hydrogen (secondary N) is 1. The van der Waals surface area contributed by atoms with Gasteiger partial charge in [0.25, 0.3) is 0 Å². The number of ether oxygens (including phenoxy) is 1. The molecule has 0 aliphatic carbocycles. The molecule has 0 aliphatic heterocycles. The molecule has 1 aromatic heterocycles. The zero-order chi connectivity index (χ0) is 22.2. The van der Waals surface area contributed by atoms with Crippen LogP contribution < -0.4 is 10.1 Å². The predicted molar refractivity (Wildman–Crippen MR) is 128 cm³/mol. The van der Waals surface area contributed by atoms with E-state index in [1.165, 1.54) is 11.8 Å². The number of nitrogens with zero attached hydrogens (tertiary/aromatic N) is 3. The lowest BCUT2D eigenvalue weighted by atomic mass is 10.3. The first-order valence-electron chi connectivity index (χ1n) is 9.54. The molecule has 0 radical (unpaired) electrons. The van der Waals surface area contributed by atoms with Crippen LogP contribution in [0, 0.1) is 0 Å². The molecule has 1 unspecified atom stereocenters. The summed E-state index contributed by atoms with van der Waals surface area (Å²) in [7, 11) is 0. The van der Waals surface area contributed by atoms with E-state index >= 15 is 0 Å². The first-order chi connectivity index (χ1) is 15.0. The molecule has 0 bridgehead atoms. The number of benzene rings is 2. The first-order valence-corrected chi connectivity index (χ1v) is 12.1. The lowest BCUT2D eigenvalue weighted by molar-refractivity contribution is -0.113. The summed E-state index contributed by atoms with van der Waals surface area (Å²) < 4.78 is 7.87. The Kier molecular flexibility index (Phi) is 8.45. The SMILES string of the molecule is C=CCn1c(SCC(=O)Nc2ccccc2SC)nnc1C(C)Oc1ccccc1Cl. The molecule has 0 aliphatic rings. The number of rotatable bonds is 10. The fourth-order valence-corrected chi connectivity index (χ4v) is 4.34. The van der Waals surface area contributed by atoms with Gasteiger partial charge in [-0.05, 0) is 37.4 Å². The number of para-hydroxylation sites is 2. The number of thioether (sulfide) groups is 2. The number of anilines is 1. The van der Waals surface area contributed by atoms with E-state index in [0.717, 1.165) is 10.6 Å². The lowest BCUT2D eigenvalue weighted by Gasteiger charge is -2.16. The Morgan fingerprint density at radius 1 is 1.26 bits per heavy atom. The molecule has 1 N–H and O–H groups in total. The van der Waals surface area contributed by atoms with Crippen LogP contribution in [0.25, 0.3) is 0 Å². The number of carbonyl (C=O) groups excluding carboxylic acids is 1. The number of hydrogen-bond acceptors (Lipinski definition) is 6. The minimum Gasteiger partial charge on any atom is -0.481 e. The third kappa shape index (κ3) is 6.06. The van der Waals surface area contributed by atoms with Crippen LogP contribution in [0.2, 0.25) is 5.02 Å². The van der Waals surface area contributed by atoms with Gasteiger partial charge in [-0.2, -0.15) is 0 Å². The molecule has 0 saturated carbocycles. The monoisotopic (exact) mass is 474 g/mol. The van der Waals surface area contributed by atoms with Crippen molar-refractivity contribution in [2.45, 2.75) is 29.6 Å². The van der Waals surface area contributed by atoms with E-state index in [1.807, 2.05) is 54.1 Å². The molecular formula is C22H23ClN4O2S2. The van der Waals surface area contributed by atoms with Crippen LogP contribution in [0.5, 0.6) is 5.75 Å². The number of halogens is 1. The van der Waals surface area contributed by atoms with Gasteiger partial charge in [-0.1, -0.05) is 53.7 Å². The van der Waals surface area contributed by atoms with Gasteiger partial charge in [0.1, 0.15) is 5.75 Å². The third-order valence-electron chi connectivity index (χ3n) is 4.27. The minimum atomic E-state index is -0.385.